The first kappa shape index (κ1) is 9.66. The van der Waals surface area contributed by atoms with E-state index in [1.54, 1.807) is 0 Å². The van der Waals surface area contributed by atoms with Crippen LogP contribution in [0.5, 0.6) is 0 Å². The molecule has 4 heteroatoms. The van der Waals surface area contributed by atoms with Crippen molar-refractivity contribution in [1.82, 2.24) is 14.9 Å². The van der Waals surface area contributed by atoms with Gasteiger partial charge in [-0.05, 0) is 12.1 Å². The Morgan fingerprint density at radius 3 is 2.88 bits per heavy atom. The molecule has 3 rings (SSSR count). The summed E-state index contributed by atoms with van der Waals surface area (Å²) in [6, 6.07) is 4.22. The van der Waals surface area contributed by atoms with Crippen LogP contribution in [0.25, 0.3) is 10.9 Å². The van der Waals surface area contributed by atoms with Crippen LogP contribution in [0.1, 0.15) is 0 Å². The van der Waals surface area contributed by atoms with Gasteiger partial charge in [0.1, 0.15) is 5.82 Å². The van der Waals surface area contributed by atoms with Gasteiger partial charge < -0.3 is 14.8 Å². The quantitative estimate of drug-likeness (QED) is 0.771. The van der Waals surface area contributed by atoms with Crippen molar-refractivity contribution in [2.75, 3.05) is 31.1 Å². The molecule has 1 fully saturated rings. The zero-order chi connectivity index (χ0) is 11.0. The lowest BCUT2D eigenvalue weighted by Crippen LogP contribution is -2.43. The smallest absolute Gasteiger partial charge is 0.138 e. The molecule has 0 aromatic carbocycles. The molecule has 0 atom stereocenters. The molecule has 1 saturated heterocycles. The van der Waals surface area contributed by atoms with Gasteiger partial charge in [0.25, 0.3) is 0 Å². The molecule has 4 nitrogen and oxygen atoms in total. The standard InChI is InChI=1S/C12H16N4/c1-15-7-3-10-11(15)2-4-14-12(10)16-8-5-13-6-9-16/h2-4,7,13H,5-6,8-9H2,1H3. The van der Waals surface area contributed by atoms with Gasteiger partial charge in [0.05, 0.1) is 5.52 Å². The first-order valence-corrected chi connectivity index (χ1v) is 5.72. The second-order valence-corrected chi connectivity index (χ2v) is 4.23. The van der Waals surface area contributed by atoms with E-state index in [9.17, 15) is 0 Å². The van der Waals surface area contributed by atoms with Crippen LogP contribution in [-0.4, -0.2) is 35.7 Å². The third kappa shape index (κ3) is 1.46. The summed E-state index contributed by atoms with van der Waals surface area (Å²) in [6.45, 7) is 4.18. The average Bonchev–Trinajstić information content (AvgIpc) is 2.73. The summed E-state index contributed by atoms with van der Waals surface area (Å²) in [4.78, 5) is 6.89. The predicted molar refractivity (Wildman–Crippen MR) is 65.8 cm³/mol. The van der Waals surface area contributed by atoms with Gasteiger partial charge in [0.2, 0.25) is 0 Å². The van der Waals surface area contributed by atoms with E-state index in [0.29, 0.717) is 0 Å². The summed E-state index contributed by atoms with van der Waals surface area (Å²) in [5, 5.41) is 4.62. The Hall–Kier alpha value is -1.55. The normalized spacial score (nSPS) is 16.9. The number of aryl methyl sites for hydroxylation is 1. The van der Waals surface area contributed by atoms with Gasteiger partial charge in [-0.2, -0.15) is 0 Å². The summed E-state index contributed by atoms with van der Waals surface area (Å²) >= 11 is 0. The van der Waals surface area contributed by atoms with Gasteiger partial charge in [0, 0.05) is 51.0 Å². The summed E-state index contributed by atoms with van der Waals surface area (Å²) in [5.41, 5.74) is 1.25. The van der Waals surface area contributed by atoms with Crippen molar-refractivity contribution >= 4 is 16.7 Å². The minimum Gasteiger partial charge on any atom is -0.354 e. The maximum atomic E-state index is 4.53. The molecular formula is C12H16N4. The Labute approximate surface area is 94.9 Å². The molecule has 3 heterocycles. The molecule has 0 bridgehead atoms. The van der Waals surface area contributed by atoms with E-state index in [1.165, 1.54) is 10.9 Å². The highest BCUT2D eigenvalue weighted by molar-refractivity contribution is 5.90. The number of fused-ring (bicyclic) bond motifs is 1. The molecule has 0 spiro atoms. The van der Waals surface area contributed by atoms with Crippen LogP contribution >= 0.6 is 0 Å². The van der Waals surface area contributed by atoms with Crippen LogP contribution < -0.4 is 10.2 Å². The average molecular weight is 216 g/mol. The number of nitrogens with zero attached hydrogens (tertiary/aromatic N) is 3. The molecule has 2 aromatic rings. The van der Waals surface area contributed by atoms with Crippen molar-refractivity contribution in [2.24, 2.45) is 7.05 Å². The number of rotatable bonds is 1. The van der Waals surface area contributed by atoms with E-state index in [-0.39, 0.29) is 0 Å². The van der Waals surface area contributed by atoms with Crippen molar-refractivity contribution in [3.63, 3.8) is 0 Å². The van der Waals surface area contributed by atoms with Crippen LogP contribution in [-0.2, 0) is 7.05 Å². The molecule has 0 radical (unpaired) electrons. The number of piperazine rings is 1. The number of hydrogen-bond donors (Lipinski definition) is 1. The maximum Gasteiger partial charge on any atom is 0.138 e. The van der Waals surface area contributed by atoms with Crippen LogP contribution in [0.2, 0.25) is 0 Å². The fraction of sp³-hybridized carbons (Fsp3) is 0.417. The summed E-state index contributed by atoms with van der Waals surface area (Å²) in [5.74, 6) is 1.12. The van der Waals surface area contributed by atoms with Crippen molar-refractivity contribution < 1.29 is 0 Å². The summed E-state index contributed by atoms with van der Waals surface area (Å²) < 4.78 is 2.14. The van der Waals surface area contributed by atoms with Crippen LogP contribution in [0, 0.1) is 0 Å². The Morgan fingerprint density at radius 1 is 1.25 bits per heavy atom. The van der Waals surface area contributed by atoms with Crippen LogP contribution in [0.3, 0.4) is 0 Å². The number of hydrogen-bond acceptors (Lipinski definition) is 3. The van der Waals surface area contributed by atoms with Crippen molar-refractivity contribution in [3.05, 3.63) is 24.5 Å². The fourth-order valence-electron chi connectivity index (χ4n) is 2.32. The highest BCUT2D eigenvalue weighted by Gasteiger charge is 2.14. The third-order valence-corrected chi connectivity index (χ3v) is 3.21. The zero-order valence-electron chi connectivity index (χ0n) is 9.48. The van der Waals surface area contributed by atoms with Gasteiger partial charge in [0.15, 0.2) is 0 Å². The maximum absolute atomic E-state index is 4.53. The lowest BCUT2D eigenvalue weighted by molar-refractivity contribution is 0.586. The summed E-state index contributed by atoms with van der Waals surface area (Å²) in [6.07, 6.45) is 4.00. The van der Waals surface area contributed by atoms with E-state index in [4.69, 9.17) is 0 Å². The number of nitrogens with one attached hydrogen (secondary N) is 1. The van der Waals surface area contributed by atoms with Gasteiger partial charge in [-0.15, -0.1) is 0 Å². The van der Waals surface area contributed by atoms with E-state index >= 15 is 0 Å². The molecule has 0 saturated carbocycles. The minimum atomic E-state index is 1.04. The van der Waals surface area contributed by atoms with E-state index in [2.05, 4.69) is 45.1 Å². The van der Waals surface area contributed by atoms with Crippen molar-refractivity contribution in [1.29, 1.82) is 0 Å². The van der Waals surface area contributed by atoms with Crippen molar-refractivity contribution in [3.8, 4) is 0 Å². The third-order valence-electron chi connectivity index (χ3n) is 3.21. The lowest BCUT2D eigenvalue weighted by atomic mass is 10.2. The Morgan fingerprint density at radius 2 is 2.06 bits per heavy atom. The fourth-order valence-corrected chi connectivity index (χ4v) is 2.32. The molecule has 1 aliphatic rings. The van der Waals surface area contributed by atoms with Crippen molar-refractivity contribution in [2.45, 2.75) is 0 Å². The van der Waals surface area contributed by atoms with E-state index < -0.39 is 0 Å². The Balaban J connectivity index is 2.08. The van der Waals surface area contributed by atoms with Gasteiger partial charge in [-0.25, -0.2) is 4.98 Å². The van der Waals surface area contributed by atoms with E-state index in [0.717, 1.165) is 32.0 Å². The second-order valence-electron chi connectivity index (χ2n) is 4.23. The Bertz CT molecular complexity index is 497. The molecule has 1 N–H and O–H groups in total. The molecular weight excluding hydrogens is 200 g/mol. The van der Waals surface area contributed by atoms with Gasteiger partial charge >= 0.3 is 0 Å². The first-order valence-electron chi connectivity index (χ1n) is 5.72. The molecule has 84 valence electrons. The first-order chi connectivity index (χ1) is 7.86. The number of pyridine rings is 1. The second kappa shape index (κ2) is 3.79. The highest BCUT2D eigenvalue weighted by atomic mass is 15.2. The van der Waals surface area contributed by atoms with Crippen LogP contribution in [0.4, 0.5) is 5.82 Å². The molecule has 1 aliphatic heterocycles. The van der Waals surface area contributed by atoms with Gasteiger partial charge in [-0.3, -0.25) is 0 Å². The van der Waals surface area contributed by atoms with E-state index in [1.807, 2.05) is 6.20 Å². The Kier molecular flexibility index (Phi) is 2.29. The number of anilines is 1. The predicted octanol–water partition coefficient (Wildman–Crippen LogP) is 0.983. The molecule has 0 unspecified atom stereocenters. The molecule has 0 amide bonds. The monoisotopic (exact) mass is 216 g/mol. The minimum absolute atomic E-state index is 1.04. The SMILES string of the molecule is Cn1ccc2c(N3CCNCC3)nccc21. The van der Waals surface area contributed by atoms with Gasteiger partial charge in [-0.1, -0.05) is 0 Å². The zero-order valence-corrected chi connectivity index (χ0v) is 9.48. The highest BCUT2D eigenvalue weighted by Crippen LogP contribution is 2.24. The molecule has 2 aromatic heterocycles. The topological polar surface area (TPSA) is 33.1 Å². The van der Waals surface area contributed by atoms with Crippen LogP contribution in [0.15, 0.2) is 24.5 Å². The molecule has 16 heavy (non-hydrogen) atoms. The largest absolute Gasteiger partial charge is 0.354 e. The number of aromatic nitrogens is 2. The lowest BCUT2D eigenvalue weighted by Gasteiger charge is -2.28. The summed E-state index contributed by atoms with van der Waals surface area (Å²) in [7, 11) is 2.07. The molecule has 0 aliphatic carbocycles.